The molecule has 1 amide bonds. The number of aromatic nitrogens is 1. The second-order valence-electron chi connectivity index (χ2n) is 5.66. The van der Waals surface area contributed by atoms with Gasteiger partial charge in [0.1, 0.15) is 11.4 Å². The van der Waals surface area contributed by atoms with Gasteiger partial charge in [-0.05, 0) is 35.4 Å². The number of rotatable bonds is 5. The van der Waals surface area contributed by atoms with Crippen LogP contribution in [-0.4, -0.2) is 29.9 Å². The highest BCUT2D eigenvalue weighted by atomic mass is 16.5. The van der Waals surface area contributed by atoms with Crippen LogP contribution in [0.4, 0.5) is 0 Å². The van der Waals surface area contributed by atoms with Crippen molar-refractivity contribution in [2.45, 2.75) is 6.54 Å². The van der Waals surface area contributed by atoms with Gasteiger partial charge in [-0.25, -0.2) is 0 Å². The molecule has 0 bridgehead atoms. The van der Waals surface area contributed by atoms with E-state index in [4.69, 9.17) is 4.74 Å². The van der Waals surface area contributed by atoms with Gasteiger partial charge >= 0.3 is 0 Å². The van der Waals surface area contributed by atoms with Gasteiger partial charge in [0.05, 0.1) is 7.11 Å². The maximum atomic E-state index is 12.6. The summed E-state index contributed by atoms with van der Waals surface area (Å²) >= 11 is 0. The highest BCUT2D eigenvalue weighted by Crippen LogP contribution is 2.19. The average molecular weight is 320 g/mol. The molecule has 0 fully saturated rings. The van der Waals surface area contributed by atoms with Crippen LogP contribution in [0.3, 0.4) is 0 Å². The lowest BCUT2D eigenvalue weighted by Crippen LogP contribution is -2.26. The predicted octanol–water partition coefficient (Wildman–Crippen LogP) is 3.96. The van der Waals surface area contributed by atoms with Gasteiger partial charge in [0, 0.05) is 19.3 Å². The van der Waals surface area contributed by atoms with E-state index in [9.17, 15) is 4.79 Å². The molecule has 0 radical (unpaired) electrons. The summed E-state index contributed by atoms with van der Waals surface area (Å²) in [5.74, 6) is 0.750. The number of nitrogens with zero attached hydrogens (tertiary/aromatic N) is 1. The minimum Gasteiger partial charge on any atom is -0.497 e. The fourth-order valence-electron chi connectivity index (χ4n) is 2.63. The number of carbonyl (C=O) groups is 1. The van der Waals surface area contributed by atoms with Gasteiger partial charge in [0.15, 0.2) is 0 Å². The molecule has 0 aliphatic heterocycles. The zero-order chi connectivity index (χ0) is 16.9. The number of hydrogen-bond donors (Lipinski definition) is 1. The zero-order valence-corrected chi connectivity index (χ0v) is 13.8. The molecule has 0 saturated heterocycles. The first-order valence-electron chi connectivity index (χ1n) is 7.80. The Morgan fingerprint density at radius 1 is 1.04 bits per heavy atom. The smallest absolute Gasteiger partial charge is 0.270 e. The van der Waals surface area contributed by atoms with Crippen LogP contribution >= 0.6 is 0 Å². The van der Waals surface area contributed by atoms with Crippen LogP contribution in [0.15, 0.2) is 66.7 Å². The molecule has 24 heavy (non-hydrogen) atoms. The highest BCUT2D eigenvalue weighted by molar-refractivity contribution is 5.93. The summed E-state index contributed by atoms with van der Waals surface area (Å²) in [4.78, 5) is 17.5. The molecule has 0 spiro atoms. The highest BCUT2D eigenvalue weighted by Gasteiger charge is 2.14. The number of nitrogens with one attached hydrogen (secondary N) is 1. The first-order valence-corrected chi connectivity index (χ1v) is 7.80. The fourth-order valence-corrected chi connectivity index (χ4v) is 2.63. The molecule has 4 nitrogen and oxygen atoms in total. The molecule has 0 saturated carbocycles. The van der Waals surface area contributed by atoms with Crippen LogP contribution < -0.4 is 4.74 Å². The number of H-pyrrole nitrogens is 1. The summed E-state index contributed by atoms with van der Waals surface area (Å²) in [6.45, 7) is 0.524. The molecule has 3 aromatic rings. The van der Waals surface area contributed by atoms with Gasteiger partial charge in [-0.2, -0.15) is 0 Å². The number of aromatic amines is 1. The fraction of sp³-hybridized carbons (Fsp3) is 0.150. The molecule has 1 aromatic heterocycles. The van der Waals surface area contributed by atoms with E-state index in [0.717, 1.165) is 22.6 Å². The molecular formula is C20H20N2O2. The van der Waals surface area contributed by atoms with Crippen molar-refractivity contribution in [3.8, 4) is 17.0 Å². The van der Waals surface area contributed by atoms with Crippen molar-refractivity contribution in [1.82, 2.24) is 9.88 Å². The Bertz CT molecular complexity index is 824. The van der Waals surface area contributed by atoms with Crippen molar-refractivity contribution in [3.63, 3.8) is 0 Å². The SMILES string of the molecule is COc1cccc(CN(C)C(=O)c2ccc(-c3ccccc3)[nH]2)c1. The van der Waals surface area contributed by atoms with Crippen molar-refractivity contribution < 1.29 is 9.53 Å². The molecule has 0 unspecified atom stereocenters. The monoisotopic (exact) mass is 320 g/mol. The normalized spacial score (nSPS) is 10.4. The summed E-state index contributed by atoms with van der Waals surface area (Å²) in [7, 11) is 3.43. The molecule has 1 N–H and O–H groups in total. The van der Waals surface area contributed by atoms with Crippen molar-refractivity contribution >= 4 is 5.91 Å². The first kappa shape index (κ1) is 15.9. The van der Waals surface area contributed by atoms with Gasteiger partial charge in [-0.15, -0.1) is 0 Å². The lowest BCUT2D eigenvalue weighted by molar-refractivity contribution is 0.0780. The molecule has 0 aliphatic carbocycles. The summed E-state index contributed by atoms with van der Waals surface area (Å²) in [6, 6.07) is 21.5. The van der Waals surface area contributed by atoms with Crippen LogP contribution in [0.5, 0.6) is 5.75 Å². The topological polar surface area (TPSA) is 45.3 Å². The average Bonchev–Trinajstić information content (AvgIpc) is 3.12. The first-order chi connectivity index (χ1) is 11.7. The number of carbonyl (C=O) groups excluding carboxylic acids is 1. The zero-order valence-electron chi connectivity index (χ0n) is 13.8. The standard InChI is InChI=1S/C20H20N2O2/c1-22(14-15-7-6-10-17(13-15)24-2)20(23)19-12-11-18(21-19)16-8-4-3-5-9-16/h3-13,21H,14H2,1-2H3. The number of benzene rings is 2. The molecule has 4 heteroatoms. The van der Waals surface area contributed by atoms with E-state index in [1.165, 1.54) is 0 Å². The van der Waals surface area contributed by atoms with Gasteiger partial charge in [0.25, 0.3) is 5.91 Å². The minimum absolute atomic E-state index is 0.0417. The van der Waals surface area contributed by atoms with E-state index in [-0.39, 0.29) is 5.91 Å². The Morgan fingerprint density at radius 2 is 1.83 bits per heavy atom. The largest absolute Gasteiger partial charge is 0.497 e. The third-order valence-electron chi connectivity index (χ3n) is 3.90. The third-order valence-corrected chi connectivity index (χ3v) is 3.90. The van der Waals surface area contributed by atoms with Gasteiger partial charge in [-0.1, -0.05) is 42.5 Å². The number of methoxy groups -OCH3 is 1. The predicted molar refractivity (Wildman–Crippen MR) is 95.0 cm³/mol. The van der Waals surface area contributed by atoms with E-state index < -0.39 is 0 Å². The number of hydrogen-bond acceptors (Lipinski definition) is 2. The Morgan fingerprint density at radius 3 is 2.58 bits per heavy atom. The van der Waals surface area contributed by atoms with Crippen LogP contribution in [-0.2, 0) is 6.54 Å². The molecule has 0 atom stereocenters. The Balaban J connectivity index is 1.73. The van der Waals surface area contributed by atoms with Crippen molar-refractivity contribution in [1.29, 1.82) is 0 Å². The van der Waals surface area contributed by atoms with E-state index in [1.54, 1.807) is 19.1 Å². The van der Waals surface area contributed by atoms with Crippen molar-refractivity contribution in [2.24, 2.45) is 0 Å². The Labute approximate surface area is 141 Å². The van der Waals surface area contributed by atoms with Crippen LogP contribution in [0.2, 0.25) is 0 Å². The molecule has 122 valence electrons. The van der Waals surface area contributed by atoms with Gasteiger partial charge < -0.3 is 14.6 Å². The molecule has 1 heterocycles. The van der Waals surface area contributed by atoms with E-state index >= 15 is 0 Å². The molecular weight excluding hydrogens is 300 g/mol. The number of ether oxygens (including phenoxy) is 1. The molecule has 3 rings (SSSR count). The van der Waals surface area contributed by atoms with E-state index in [1.807, 2.05) is 66.7 Å². The number of amides is 1. The summed E-state index contributed by atoms with van der Waals surface area (Å²) < 4.78 is 5.22. The lowest BCUT2D eigenvalue weighted by Gasteiger charge is -2.17. The van der Waals surface area contributed by atoms with Gasteiger partial charge in [0.2, 0.25) is 0 Å². The van der Waals surface area contributed by atoms with Crippen molar-refractivity contribution in [2.75, 3.05) is 14.2 Å². The summed E-state index contributed by atoms with van der Waals surface area (Å²) in [6.07, 6.45) is 0. The van der Waals surface area contributed by atoms with Crippen LogP contribution in [0, 0.1) is 0 Å². The lowest BCUT2D eigenvalue weighted by atomic mass is 10.2. The van der Waals surface area contributed by atoms with E-state index in [0.29, 0.717) is 12.2 Å². The summed E-state index contributed by atoms with van der Waals surface area (Å²) in [5.41, 5.74) is 3.61. The minimum atomic E-state index is -0.0417. The second-order valence-corrected chi connectivity index (χ2v) is 5.66. The third kappa shape index (κ3) is 3.49. The Hall–Kier alpha value is -3.01. The molecule has 2 aromatic carbocycles. The maximum Gasteiger partial charge on any atom is 0.270 e. The quantitative estimate of drug-likeness (QED) is 0.773. The van der Waals surface area contributed by atoms with Crippen molar-refractivity contribution in [3.05, 3.63) is 78.0 Å². The second kappa shape index (κ2) is 7.04. The van der Waals surface area contributed by atoms with Crippen LogP contribution in [0.1, 0.15) is 16.1 Å². The van der Waals surface area contributed by atoms with Crippen LogP contribution in [0.25, 0.3) is 11.3 Å². The molecule has 0 aliphatic rings. The summed E-state index contributed by atoms with van der Waals surface area (Å²) in [5, 5.41) is 0. The maximum absolute atomic E-state index is 12.6. The Kier molecular flexibility index (Phi) is 4.66. The van der Waals surface area contributed by atoms with E-state index in [2.05, 4.69) is 4.98 Å². The van der Waals surface area contributed by atoms with Gasteiger partial charge in [-0.3, -0.25) is 4.79 Å².